The Morgan fingerprint density at radius 3 is 2.74 bits per heavy atom. The molecular weight excluding hydrogens is 363 g/mol. The molecule has 2 saturated heterocycles. The van der Waals surface area contributed by atoms with Gasteiger partial charge in [0.25, 0.3) is 0 Å². The number of amides is 2. The first-order valence-electron chi connectivity index (χ1n) is 8.83. The Kier molecular flexibility index (Phi) is 6.01. The number of rotatable bonds is 5. The Morgan fingerprint density at radius 2 is 2.07 bits per heavy atom. The van der Waals surface area contributed by atoms with Crippen LogP contribution < -0.4 is 10.2 Å². The van der Waals surface area contributed by atoms with Gasteiger partial charge in [-0.15, -0.1) is 0 Å². The molecular formula is C18H22F3N3O3. The SMILES string of the molecule is CN1CCN(c2ccc(C3CCC(=O)NC3=O)c(F)c2)CC1COC(F)F. The van der Waals surface area contributed by atoms with Crippen LogP contribution in [-0.2, 0) is 14.3 Å². The minimum Gasteiger partial charge on any atom is -0.369 e. The number of ether oxygens (including phenoxy) is 1. The topological polar surface area (TPSA) is 61.9 Å². The number of nitrogens with zero attached hydrogens (tertiary/aromatic N) is 2. The van der Waals surface area contributed by atoms with Crippen molar-refractivity contribution in [3.8, 4) is 0 Å². The van der Waals surface area contributed by atoms with Gasteiger partial charge in [0.1, 0.15) is 5.82 Å². The summed E-state index contributed by atoms with van der Waals surface area (Å²) in [5.41, 5.74) is 0.883. The lowest BCUT2D eigenvalue weighted by atomic mass is 9.90. The summed E-state index contributed by atoms with van der Waals surface area (Å²) in [6, 6.07) is 4.41. The van der Waals surface area contributed by atoms with Crippen molar-refractivity contribution in [3.05, 3.63) is 29.6 Å². The average molecular weight is 385 g/mol. The molecule has 0 bridgehead atoms. The first-order chi connectivity index (χ1) is 12.8. The number of benzene rings is 1. The molecule has 148 valence electrons. The Hall–Kier alpha value is -2.13. The molecule has 2 heterocycles. The van der Waals surface area contributed by atoms with Gasteiger partial charge in [-0.3, -0.25) is 19.8 Å². The molecule has 9 heteroatoms. The molecule has 0 aliphatic carbocycles. The number of anilines is 1. The van der Waals surface area contributed by atoms with Crippen LogP contribution in [0.4, 0.5) is 18.9 Å². The number of imide groups is 1. The molecule has 1 N–H and O–H groups in total. The van der Waals surface area contributed by atoms with Gasteiger partial charge in [0.15, 0.2) is 0 Å². The fourth-order valence-corrected chi connectivity index (χ4v) is 3.53. The van der Waals surface area contributed by atoms with Crippen molar-refractivity contribution >= 4 is 17.5 Å². The number of piperazine rings is 1. The summed E-state index contributed by atoms with van der Waals surface area (Å²) in [5, 5.41) is 2.23. The summed E-state index contributed by atoms with van der Waals surface area (Å²) in [6.07, 6.45) is 0.463. The molecule has 2 fully saturated rings. The third kappa shape index (κ3) is 4.59. The van der Waals surface area contributed by atoms with Crippen LogP contribution in [0.2, 0.25) is 0 Å². The van der Waals surface area contributed by atoms with Gasteiger partial charge in [0.05, 0.1) is 18.6 Å². The van der Waals surface area contributed by atoms with E-state index in [1.54, 1.807) is 12.1 Å². The predicted octanol–water partition coefficient (Wildman–Crippen LogP) is 1.71. The minimum atomic E-state index is -2.82. The van der Waals surface area contributed by atoms with E-state index in [0.29, 0.717) is 25.3 Å². The van der Waals surface area contributed by atoms with E-state index < -0.39 is 24.3 Å². The van der Waals surface area contributed by atoms with Crippen LogP contribution in [0.25, 0.3) is 0 Å². The van der Waals surface area contributed by atoms with Crippen molar-refractivity contribution < 1.29 is 27.5 Å². The molecule has 2 atom stereocenters. The van der Waals surface area contributed by atoms with Gasteiger partial charge in [-0.05, 0) is 25.6 Å². The standard InChI is InChI=1S/C18H22F3N3O3/c1-23-6-7-24(9-12(23)10-27-18(20)21)11-2-3-13(15(19)8-11)14-4-5-16(25)22-17(14)26/h2-3,8,12,14,18H,4-7,9-10H2,1H3,(H,22,25,26). The smallest absolute Gasteiger partial charge is 0.345 e. The maximum absolute atomic E-state index is 14.7. The van der Waals surface area contributed by atoms with E-state index in [1.165, 1.54) is 6.07 Å². The summed E-state index contributed by atoms with van der Waals surface area (Å²) in [6.45, 7) is -1.24. The molecule has 1 aromatic rings. The van der Waals surface area contributed by atoms with E-state index in [4.69, 9.17) is 0 Å². The fourth-order valence-electron chi connectivity index (χ4n) is 3.53. The second-order valence-corrected chi connectivity index (χ2v) is 6.88. The Labute approximate surface area is 155 Å². The normalized spacial score (nSPS) is 24.4. The molecule has 2 aliphatic heterocycles. The van der Waals surface area contributed by atoms with Crippen LogP contribution in [0, 0.1) is 5.82 Å². The van der Waals surface area contributed by atoms with Crippen molar-refractivity contribution in [2.24, 2.45) is 0 Å². The van der Waals surface area contributed by atoms with Crippen molar-refractivity contribution in [3.63, 3.8) is 0 Å². The zero-order valence-electron chi connectivity index (χ0n) is 15.0. The zero-order valence-corrected chi connectivity index (χ0v) is 15.0. The van der Waals surface area contributed by atoms with Crippen molar-refractivity contribution in [2.75, 3.05) is 38.2 Å². The number of hydrogen-bond donors (Lipinski definition) is 1. The number of carbonyl (C=O) groups excluding carboxylic acids is 2. The molecule has 0 radical (unpaired) electrons. The molecule has 2 amide bonds. The van der Waals surface area contributed by atoms with Crippen LogP contribution in [0.5, 0.6) is 0 Å². The lowest BCUT2D eigenvalue weighted by molar-refractivity contribution is -0.140. The molecule has 27 heavy (non-hydrogen) atoms. The van der Waals surface area contributed by atoms with Gasteiger partial charge in [0.2, 0.25) is 11.8 Å². The highest BCUT2D eigenvalue weighted by atomic mass is 19.3. The van der Waals surface area contributed by atoms with Crippen LogP contribution in [-0.4, -0.2) is 62.7 Å². The number of likely N-dealkylation sites (N-methyl/N-ethyl adjacent to an activating group) is 1. The quantitative estimate of drug-likeness (QED) is 0.782. The number of carbonyl (C=O) groups is 2. The second kappa shape index (κ2) is 8.26. The Morgan fingerprint density at radius 1 is 1.30 bits per heavy atom. The summed E-state index contributed by atoms with van der Waals surface area (Å²) in [5.74, 6) is -2.03. The van der Waals surface area contributed by atoms with Gasteiger partial charge in [-0.25, -0.2) is 4.39 Å². The lowest BCUT2D eigenvalue weighted by Gasteiger charge is -2.40. The monoisotopic (exact) mass is 385 g/mol. The highest BCUT2D eigenvalue weighted by Gasteiger charge is 2.31. The number of alkyl halides is 2. The van der Waals surface area contributed by atoms with Crippen LogP contribution >= 0.6 is 0 Å². The Balaban J connectivity index is 1.71. The van der Waals surface area contributed by atoms with Gasteiger partial charge >= 0.3 is 6.61 Å². The molecule has 0 spiro atoms. The van der Waals surface area contributed by atoms with E-state index in [9.17, 15) is 22.8 Å². The maximum Gasteiger partial charge on any atom is 0.345 e. The van der Waals surface area contributed by atoms with Crippen molar-refractivity contribution in [1.29, 1.82) is 0 Å². The largest absolute Gasteiger partial charge is 0.369 e. The number of hydrogen-bond acceptors (Lipinski definition) is 5. The summed E-state index contributed by atoms with van der Waals surface area (Å²) in [4.78, 5) is 27.1. The molecule has 6 nitrogen and oxygen atoms in total. The lowest BCUT2D eigenvalue weighted by Crippen LogP contribution is -2.53. The molecule has 2 aliphatic rings. The van der Waals surface area contributed by atoms with E-state index in [1.807, 2.05) is 16.8 Å². The first-order valence-corrected chi connectivity index (χ1v) is 8.83. The summed E-state index contributed by atoms with van der Waals surface area (Å²) in [7, 11) is 1.84. The van der Waals surface area contributed by atoms with E-state index in [-0.39, 0.29) is 37.0 Å². The highest BCUT2D eigenvalue weighted by molar-refractivity contribution is 6.00. The fraction of sp³-hybridized carbons (Fsp3) is 0.556. The number of halogens is 3. The minimum absolute atomic E-state index is 0.110. The van der Waals surface area contributed by atoms with Crippen molar-refractivity contribution in [1.82, 2.24) is 10.2 Å². The van der Waals surface area contributed by atoms with Gasteiger partial charge in [0, 0.05) is 37.3 Å². The Bertz CT molecular complexity index is 716. The summed E-state index contributed by atoms with van der Waals surface area (Å²) >= 11 is 0. The highest BCUT2D eigenvalue weighted by Crippen LogP contribution is 2.30. The zero-order chi connectivity index (χ0) is 19.6. The van der Waals surface area contributed by atoms with Gasteiger partial charge < -0.3 is 9.64 Å². The number of nitrogens with one attached hydrogen (secondary N) is 1. The van der Waals surface area contributed by atoms with Crippen molar-refractivity contribution in [2.45, 2.75) is 31.4 Å². The maximum atomic E-state index is 14.7. The molecule has 2 unspecified atom stereocenters. The van der Waals surface area contributed by atoms with E-state index in [0.717, 1.165) is 0 Å². The predicted molar refractivity (Wildman–Crippen MR) is 92.1 cm³/mol. The first kappa shape index (κ1) is 19.6. The van der Waals surface area contributed by atoms with Gasteiger partial charge in [-0.1, -0.05) is 6.07 Å². The van der Waals surface area contributed by atoms with E-state index in [2.05, 4.69) is 10.1 Å². The third-order valence-corrected chi connectivity index (χ3v) is 5.16. The summed E-state index contributed by atoms with van der Waals surface area (Å²) < 4.78 is 43.7. The molecule has 3 rings (SSSR count). The molecule has 0 aromatic heterocycles. The number of piperidine rings is 1. The van der Waals surface area contributed by atoms with Crippen LogP contribution in [0.3, 0.4) is 0 Å². The average Bonchev–Trinajstić information content (AvgIpc) is 2.61. The van der Waals surface area contributed by atoms with Crippen LogP contribution in [0.15, 0.2) is 18.2 Å². The molecule has 0 saturated carbocycles. The van der Waals surface area contributed by atoms with Crippen LogP contribution in [0.1, 0.15) is 24.3 Å². The third-order valence-electron chi connectivity index (χ3n) is 5.16. The second-order valence-electron chi connectivity index (χ2n) is 6.88. The van der Waals surface area contributed by atoms with E-state index >= 15 is 0 Å². The van der Waals surface area contributed by atoms with Gasteiger partial charge in [-0.2, -0.15) is 8.78 Å². The molecule has 1 aromatic carbocycles.